The molecule has 1 aromatic rings. The van der Waals surface area contributed by atoms with Crippen LogP contribution in [-0.4, -0.2) is 11.9 Å². The van der Waals surface area contributed by atoms with E-state index in [1.54, 1.807) is 0 Å². The zero-order valence-electron chi connectivity index (χ0n) is 11.5. The van der Waals surface area contributed by atoms with E-state index in [1.165, 1.54) is 12.8 Å². The summed E-state index contributed by atoms with van der Waals surface area (Å²) >= 11 is 6.09. The van der Waals surface area contributed by atoms with Crippen LogP contribution in [-0.2, 0) is 11.2 Å². The van der Waals surface area contributed by atoms with Crippen molar-refractivity contribution in [1.29, 1.82) is 0 Å². The zero-order chi connectivity index (χ0) is 13.7. The molecule has 1 aliphatic rings. The first-order valence-electron chi connectivity index (χ1n) is 7.18. The molecule has 0 unspecified atom stereocenters. The molecular formula is C16H22ClNO. The predicted molar refractivity (Wildman–Crippen MR) is 79.3 cm³/mol. The summed E-state index contributed by atoms with van der Waals surface area (Å²) in [6.07, 6.45) is 6.02. The first-order chi connectivity index (χ1) is 9.15. The number of halogens is 1. The molecule has 2 nitrogen and oxygen atoms in total. The number of amides is 1. The van der Waals surface area contributed by atoms with Crippen molar-refractivity contribution in [2.24, 2.45) is 5.92 Å². The molecule has 1 saturated carbocycles. The fourth-order valence-electron chi connectivity index (χ4n) is 2.81. The van der Waals surface area contributed by atoms with Gasteiger partial charge in [0.2, 0.25) is 5.91 Å². The number of hydrogen-bond donors (Lipinski definition) is 1. The molecule has 2 atom stereocenters. The highest BCUT2D eigenvalue weighted by Gasteiger charge is 2.20. The molecule has 0 heterocycles. The molecule has 2 rings (SSSR count). The predicted octanol–water partition coefficient (Wildman–Crippen LogP) is 3.97. The third-order valence-corrected chi connectivity index (χ3v) is 4.25. The second-order valence-corrected chi connectivity index (χ2v) is 6.03. The van der Waals surface area contributed by atoms with Crippen LogP contribution < -0.4 is 5.32 Å². The van der Waals surface area contributed by atoms with Gasteiger partial charge in [0.25, 0.3) is 0 Å². The normalized spacial score (nSPS) is 23.1. The molecule has 19 heavy (non-hydrogen) atoms. The molecule has 0 aliphatic heterocycles. The lowest BCUT2D eigenvalue weighted by Gasteiger charge is -2.27. The number of nitrogens with one attached hydrogen (secondary N) is 1. The van der Waals surface area contributed by atoms with E-state index >= 15 is 0 Å². The Morgan fingerprint density at radius 3 is 2.89 bits per heavy atom. The van der Waals surface area contributed by atoms with E-state index in [1.807, 2.05) is 24.3 Å². The summed E-state index contributed by atoms with van der Waals surface area (Å²) < 4.78 is 0. The van der Waals surface area contributed by atoms with Crippen molar-refractivity contribution in [3.8, 4) is 0 Å². The lowest BCUT2D eigenvalue weighted by atomic mass is 9.87. The van der Waals surface area contributed by atoms with Crippen LogP contribution in [0.5, 0.6) is 0 Å². The van der Waals surface area contributed by atoms with Gasteiger partial charge >= 0.3 is 0 Å². The molecule has 0 bridgehead atoms. The molecule has 1 fully saturated rings. The molecule has 104 valence electrons. The van der Waals surface area contributed by atoms with Crippen LogP contribution in [0.3, 0.4) is 0 Å². The Bertz CT molecular complexity index is 433. The van der Waals surface area contributed by atoms with E-state index in [0.717, 1.165) is 29.3 Å². The van der Waals surface area contributed by atoms with Crippen LogP contribution in [0.25, 0.3) is 0 Å². The Balaban J connectivity index is 1.77. The van der Waals surface area contributed by atoms with Crippen LogP contribution in [0.4, 0.5) is 0 Å². The van der Waals surface area contributed by atoms with Gasteiger partial charge in [0.15, 0.2) is 0 Å². The average molecular weight is 280 g/mol. The molecule has 0 spiro atoms. The number of hydrogen-bond acceptors (Lipinski definition) is 1. The SMILES string of the molecule is C[C@@H]1CCC[C@H](NC(=O)CCc2ccccc2Cl)C1. The Labute approximate surface area is 120 Å². The highest BCUT2D eigenvalue weighted by molar-refractivity contribution is 6.31. The van der Waals surface area contributed by atoms with Crippen LogP contribution in [0, 0.1) is 5.92 Å². The van der Waals surface area contributed by atoms with Crippen molar-refractivity contribution < 1.29 is 4.79 Å². The number of aryl methyl sites for hydroxylation is 1. The standard InChI is InChI=1S/C16H22ClNO/c1-12-5-4-7-14(11-12)18-16(19)10-9-13-6-2-3-8-15(13)17/h2-3,6,8,12,14H,4-5,7,9-11H2,1H3,(H,18,19)/t12-,14+/m1/s1. The lowest BCUT2D eigenvalue weighted by Crippen LogP contribution is -2.38. The summed E-state index contributed by atoms with van der Waals surface area (Å²) in [6, 6.07) is 8.11. The van der Waals surface area contributed by atoms with Crippen molar-refractivity contribution in [3.05, 3.63) is 34.9 Å². The Morgan fingerprint density at radius 1 is 1.37 bits per heavy atom. The quantitative estimate of drug-likeness (QED) is 0.888. The smallest absolute Gasteiger partial charge is 0.220 e. The van der Waals surface area contributed by atoms with Gasteiger partial charge in [-0.05, 0) is 36.8 Å². The summed E-state index contributed by atoms with van der Waals surface area (Å²) in [6.45, 7) is 2.27. The Kier molecular flexibility index (Phi) is 5.26. The minimum Gasteiger partial charge on any atom is -0.353 e. The van der Waals surface area contributed by atoms with E-state index in [-0.39, 0.29) is 5.91 Å². The third kappa shape index (κ3) is 4.54. The fraction of sp³-hybridized carbons (Fsp3) is 0.562. The largest absolute Gasteiger partial charge is 0.353 e. The lowest BCUT2D eigenvalue weighted by molar-refractivity contribution is -0.122. The minimum absolute atomic E-state index is 0.152. The zero-order valence-corrected chi connectivity index (χ0v) is 12.2. The maximum absolute atomic E-state index is 11.9. The minimum atomic E-state index is 0.152. The van der Waals surface area contributed by atoms with E-state index in [0.29, 0.717) is 18.9 Å². The van der Waals surface area contributed by atoms with Gasteiger partial charge in [-0.1, -0.05) is 49.6 Å². The van der Waals surface area contributed by atoms with Gasteiger partial charge in [-0.3, -0.25) is 4.79 Å². The molecule has 1 N–H and O–H groups in total. The monoisotopic (exact) mass is 279 g/mol. The van der Waals surface area contributed by atoms with Crippen LogP contribution in [0.1, 0.15) is 44.6 Å². The Morgan fingerprint density at radius 2 is 2.16 bits per heavy atom. The summed E-state index contributed by atoms with van der Waals surface area (Å²) in [5.41, 5.74) is 1.05. The number of carbonyl (C=O) groups excluding carboxylic acids is 1. The molecule has 1 aromatic carbocycles. The van der Waals surface area contributed by atoms with Gasteiger partial charge in [0.1, 0.15) is 0 Å². The van der Waals surface area contributed by atoms with Crippen molar-refractivity contribution >= 4 is 17.5 Å². The van der Waals surface area contributed by atoms with Crippen molar-refractivity contribution in [2.75, 3.05) is 0 Å². The van der Waals surface area contributed by atoms with E-state index in [4.69, 9.17) is 11.6 Å². The van der Waals surface area contributed by atoms with Crippen molar-refractivity contribution in [1.82, 2.24) is 5.32 Å². The molecule has 0 saturated heterocycles. The van der Waals surface area contributed by atoms with Gasteiger partial charge in [-0.15, -0.1) is 0 Å². The first-order valence-corrected chi connectivity index (χ1v) is 7.55. The van der Waals surface area contributed by atoms with Gasteiger partial charge in [-0.25, -0.2) is 0 Å². The van der Waals surface area contributed by atoms with Crippen molar-refractivity contribution in [3.63, 3.8) is 0 Å². The molecule has 0 radical (unpaired) electrons. The second kappa shape index (κ2) is 6.95. The molecule has 3 heteroatoms. The third-order valence-electron chi connectivity index (χ3n) is 3.88. The molecule has 1 amide bonds. The maximum atomic E-state index is 11.9. The first kappa shape index (κ1) is 14.4. The summed E-state index contributed by atoms with van der Waals surface area (Å²) in [5.74, 6) is 0.890. The van der Waals surface area contributed by atoms with E-state index in [9.17, 15) is 4.79 Å². The van der Waals surface area contributed by atoms with Crippen molar-refractivity contribution in [2.45, 2.75) is 51.5 Å². The summed E-state index contributed by atoms with van der Waals surface area (Å²) in [4.78, 5) is 11.9. The van der Waals surface area contributed by atoms with Gasteiger partial charge in [-0.2, -0.15) is 0 Å². The molecule has 1 aliphatic carbocycles. The highest BCUT2D eigenvalue weighted by Crippen LogP contribution is 2.23. The van der Waals surface area contributed by atoms with Crippen LogP contribution in [0.15, 0.2) is 24.3 Å². The average Bonchev–Trinajstić information content (AvgIpc) is 2.38. The number of carbonyl (C=O) groups is 1. The maximum Gasteiger partial charge on any atom is 0.220 e. The Hall–Kier alpha value is -1.02. The number of benzene rings is 1. The molecular weight excluding hydrogens is 258 g/mol. The van der Waals surface area contributed by atoms with Gasteiger partial charge < -0.3 is 5.32 Å². The summed E-state index contributed by atoms with van der Waals surface area (Å²) in [5, 5.41) is 3.91. The van der Waals surface area contributed by atoms with Crippen LogP contribution >= 0.6 is 11.6 Å². The second-order valence-electron chi connectivity index (χ2n) is 5.63. The van der Waals surface area contributed by atoms with Gasteiger partial charge in [0, 0.05) is 17.5 Å². The topological polar surface area (TPSA) is 29.1 Å². The fourth-order valence-corrected chi connectivity index (χ4v) is 3.04. The summed E-state index contributed by atoms with van der Waals surface area (Å²) in [7, 11) is 0. The van der Waals surface area contributed by atoms with Crippen LogP contribution in [0.2, 0.25) is 5.02 Å². The van der Waals surface area contributed by atoms with E-state index in [2.05, 4.69) is 12.2 Å². The molecule has 0 aromatic heterocycles. The van der Waals surface area contributed by atoms with Gasteiger partial charge in [0.05, 0.1) is 0 Å². The number of rotatable bonds is 4. The van der Waals surface area contributed by atoms with E-state index < -0.39 is 0 Å². The highest BCUT2D eigenvalue weighted by atomic mass is 35.5.